The second-order valence-electron chi connectivity index (χ2n) is 6.74. The first-order valence-electron chi connectivity index (χ1n) is 9.39. The Bertz CT molecular complexity index is 1200. The molecule has 0 N–H and O–H groups in total. The standard InChI is InChI=1S/C25H17N3O/c29-25-24(27-20-14-12-18(13-15-20)19-7-6-16-26-17-19)22-10-4-5-11-23(22)28(25)21-8-2-1-3-9-21/h1-17H/b27-24-. The van der Waals surface area contributed by atoms with E-state index in [1.165, 1.54) is 0 Å². The van der Waals surface area contributed by atoms with Gasteiger partial charge in [-0.05, 0) is 47.5 Å². The number of carbonyl (C=O) groups excluding carboxylic acids is 1. The third-order valence-electron chi connectivity index (χ3n) is 4.92. The summed E-state index contributed by atoms with van der Waals surface area (Å²) in [6.07, 6.45) is 3.58. The van der Waals surface area contributed by atoms with Crippen LogP contribution in [0.2, 0.25) is 0 Å². The van der Waals surface area contributed by atoms with Crippen molar-refractivity contribution in [2.75, 3.05) is 4.90 Å². The van der Waals surface area contributed by atoms with Gasteiger partial charge in [0.05, 0.1) is 11.4 Å². The first-order chi connectivity index (χ1) is 14.3. The van der Waals surface area contributed by atoms with Gasteiger partial charge in [-0.2, -0.15) is 0 Å². The summed E-state index contributed by atoms with van der Waals surface area (Å²) in [5, 5.41) is 0. The van der Waals surface area contributed by atoms with Gasteiger partial charge in [-0.1, -0.05) is 54.6 Å². The third-order valence-corrected chi connectivity index (χ3v) is 4.92. The van der Waals surface area contributed by atoms with E-state index in [1.54, 1.807) is 11.1 Å². The highest BCUT2D eigenvalue weighted by atomic mass is 16.2. The first kappa shape index (κ1) is 17.1. The number of aromatic nitrogens is 1. The van der Waals surface area contributed by atoms with Crippen molar-refractivity contribution >= 4 is 28.7 Å². The number of nitrogens with zero attached hydrogens (tertiary/aromatic N) is 3. The largest absolute Gasteiger partial charge is 0.282 e. The lowest BCUT2D eigenvalue weighted by atomic mass is 10.1. The van der Waals surface area contributed by atoms with Crippen molar-refractivity contribution in [3.8, 4) is 11.1 Å². The minimum absolute atomic E-state index is 0.117. The quantitative estimate of drug-likeness (QED) is 0.471. The Morgan fingerprint density at radius 3 is 2.24 bits per heavy atom. The zero-order valence-electron chi connectivity index (χ0n) is 15.6. The summed E-state index contributed by atoms with van der Waals surface area (Å²) >= 11 is 0. The van der Waals surface area contributed by atoms with Crippen molar-refractivity contribution in [3.63, 3.8) is 0 Å². The van der Waals surface area contributed by atoms with Gasteiger partial charge in [0.1, 0.15) is 5.71 Å². The third kappa shape index (κ3) is 3.11. The number of para-hydroxylation sites is 2. The smallest absolute Gasteiger partial charge is 0.275 e. The number of aliphatic imine (C=N–C) groups is 1. The number of hydrogen-bond acceptors (Lipinski definition) is 3. The Hall–Kier alpha value is -4.05. The van der Waals surface area contributed by atoms with Crippen LogP contribution < -0.4 is 4.90 Å². The number of hydrogen-bond donors (Lipinski definition) is 0. The zero-order chi connectivity index (χ0) is 19.6. The molecule has 0 fully saturated rings. The maximum atomic E-state index is 13.2. The maximum Gasteiger partial charge on any atom is 0.282 e. The predicted octanol–water partition coefficient (Wildman–Crippen LogP) is 5.55. The van der Waals surface area contributed by atoms with Crippen LogP contribution in [0.25, 0.3) is 11.1 Å². The molecule has 1 aromatic heterocycles. The van der Waals surface area contributed by atoms with Crippen LogP contribution in [0.4, 0.5) is 17.1 Å². The Balaban J connectivity index is 1.54. The normalized spacial score (nSPS) is 14.3. The molecular formula is C25H17N3O. The average Bonchev–Trinajstić information content (AvgIpc) is 3.07. The van der Waals surface area contributed by atoms with Gasteiger partial charge < -0.3 is 0 Å². The van der Waals surface area contributed by atoms with E-state index in [0.717, 1.165) is 33.8 Å². The second kappa shape index (κ2) is 7.17. The van der Waals surface area contributed by atoms with Gasteiger partial charge in [0, 0.05) is 23.6 Å². The van der Waals surface area contributed by atoms with Gasteiger partial charge >= 0.3 is 0 Å². The fourth-order valence-corrected chi connectivity index (χ4v) is 3.53. The molecule has 2 heterocycles. The van der Waals surface area contributed by atoms with Crippen LogP contribution in [0, 0.1) is 0 Å². The molecule has 0 saturated carbocycles. The minimum Gasteiger partial charge on any atom is -0.275 e. The lowest BCUT2D eigenvalue weighted by molar-refractivity contribution is -0.111. The molecule has 0 spiro atoms. The molecule has 5 rings (SSSR count). The van der Waals surface area contributed by atoms with Crippen LogP contribution in [0.1, 0.15) is 5.56 Å². The summed E-state index contributed by atoms with van der Waals surface area (Å²) in [5.41, 5.74) is 5.84. The molecule has 1 amide bonds. The molecule has 4 nitrogen and oxygen atoms in total. The summed E-state index contributed by atoms with van der Waals surface area (Å²) in [6.45, 7) is 0. The van der Waals surface area contributed by atoms with Crippen LogP contribution in [0.3, 0.4) is 0 Å². The first-order valence-corrected chi connectivity index (χ1v) is 9.39. The molecule has 138 valence electrons. The van der Waals surface area contributed by atoms with Crippen molar-refractivity contribution in [3.05, 3.63) is 109 Å². The zero-order valence-corrected chi connectivity index (χ0v) is 15.6. The van der Waals surface area contributed by atoms with E-state index in [4.69, 9.17) is 4.99 Å². The molecule has 0 radical (unpaired) electrons. The fourth-order valence-electron chi connectivity index (χ4n) is 3.53. The van der Waals surface area contributed by atoms with Crippen molar-refractivity contribution < 1.29 is 4.79 Å². The molecule has 1 aliphatic heterocycles. The SMILES string of the molecule is O=C1/C(=N\c2ccc(-c3cccnc3)cc2)c2ccccc2N1c1ccccc1. The van der Waals surface area contributed by atoms with Gasteiger partial charge in [-0.25, -0.2) is 4.99 Å². The van der Waals surface area contributed by atoms with E-state index < -0.39 is 0 Å². The monoisotopic (exact) mass is 375 g/mol. The van der Waals surface area contributed by atoms with Gasteiger partial charge in [0.15, 0.2) is 0 Å². The summed E-state index contributed by atoms with van der Waals surface area (Å²) in [6, 6.07) is 29.2. The maximum absolute atomic E-state index is 13.2. The Labute approximate surface area is 168 Å². The summed E-state index contributed by atoms with van der Waals surface area (Å²) < 4.78 is 0. The number of amides is 1. The summed E-state index contributed by atoms with van der Waals surface area (Å²) in [5.74, 6) is -0.117. The van der Waals surface area contributed by atoms with Gasteiger partial charge in [0.2, 0.25) is 0 Å². The minimum atomic E-state index is -0.117. The molecule has 3 aromatic carbocycles. The molecule has 0 atom stereocenters. The number of anilines is 2. The second-order valence-corrected chi connectivity index (χ2v) is 6.74. The van der Waals surface area contributed by atoms with Crippen LogP contribution >= 0.6 is 0 Å². The lowest BCUT2D eigenvalue weighted by Crippen LogP contribution is -2.25. The van der Waals surface area contributed by atoms with Crippen molar-refractivity contribution in [1.82, 2.24) is 4.98 Å². The van der Waals surface area contributed by atoms with Crippen LogP contribution in [-0.4, -0.2) is 16.6 Å². The van der Waals surface area contributed by atoms with E-state index in [1.807, 2.05) is 97.2 Å². The number of pyridine rings is 1. The summed E-state index contributed by atoms with van der Waals surface area (Å²) in [7, 11) is 0. The Morgan fingerprint density at radius 2 is 1.48 bits per heavy atom. The molecule has 0 aliphatic carbocycles. The molecule has 4 heteroatoms. The molecule has 0 unspecified atom stereocenters. The van der Waals surface area contributed by atoms with Crippen molar-refractivity contribution in [2.24, 2.45) is 4.99 Å². The Kier molecular flexibility index (Phi) is 4.22. The highest BCUT2D eigenvalue weighted by molar-refractivity contribution is 6.56. The molecule has 29 heavy (non-hydrogen) atoms. The number of fused-ring (bicyclic) bond motifs is 1. The topological polar surface area (TPSA) is 45.6 Å². The van der Waals surface area contributed by atoms with Crippen molar-refractivity contribution in [2.45, 2.75) is 0 Å². The van der Waals surface area contributed by atoms with Gasteiger partial charge in [0.25, 0.3) is 5.91 Å². The van der Waals surface area contributed by atoms with Gasteiger partial charge in [-0.3, -0.25) is 14.7 Å². The van der Waals surface area contributed by atoms with Crippen LogP contribution in [-0.2, 0) is 4.79 Å². The lowest BCUT2D eigenvalue weighted by Gasteiger charge is -2.16. The number of rotatable bonds is 3. The summed E-state index contributed by atoms with van der Waals surface area (Å²) in [4.78, 5) is 23.8. The number of carbonyl (C=O) groups is 1. The predicted molar refractivity (Wildman–Crippen MR) is 116 cm³/mol. The fraction of sp³-hybridized carbons (Fsp3) is 0. The molecular weight excluding hydrogens is 358 g/mol. The van der Waals surface area contributed by atoms with E-state index in [0.29, 0.717) is 5.71 Å². The van der Waals surface area contributed by atoms with E-state index in [2.05, 4.69) is 4.98 Å². The highest BCUT2D eigenvalue weighted by Gasteiger charge is 2.34. The molecule has 0 bridgehead atoms. The Morgan fingerprint density at radius 1 is 0.724 bits per heavy atom. The molecule has 1 aliphatic rings. The highest BCUT2D eigenvalue weighted by Crippen LogP contribution is 2.36. The molecule has 4 aromatic rings. The van der Waals surface area contributed by atoms with Crippen molar-refractivity contribution in [1.29, 1.82) is 0 Å². The van der Waals surface area contributed by atoms with E-state index in [9.17, 15) is 4.79 Å². The molecule has 0 saturated heterocycles. The van der Waals surface area contributed by atoms with E-state index >= 15 is 0 Å². The average molecular weight is 375 g/mol. The van der Waals surface area contributed by atoms with Crippen LogP contribution in [0.15, 0.2) is 108 Å². The number of benzene rings is 3. The van der Waals surface area contributed by atoms with E-state index in [-0.39, 0.29) is 5.91 Å². The van der Waals surface area contributed by atoms with Crippen LogP contribution in [0.5, 0.6) is 0 Å². The van der Waals surface area contributed by atoms with Gasteiger partial charge in [-0.15, -0.1) is 0 Å².